The first-order chi connectivity index (χ1) is 6.82. The average Bonchev–Trinajstić information content (AvgIpc) is 2.43. The predicted molar refractivity (Wildman–Crippen MR) is 60.3 cm³/mol. The van der Waals surface area contributed by atoms with E-state index in [-0.39, 0.29) is 5.91 Å². The molecule has 1 heterocycles. The zero-order valence-electron chi connectivity index (χ0n) is 9.79. The summed E-state index contributed by atoms with van der Waals surface area (Å²) in [5, 5.41) is 2.81. The molecule has 0 aliphatic carbocycles. The van der Waals surface area contributed by atoms with Gasteiger partial charge in [0.1, 0.15) is 0 Å². The molecule has 0 radical (unpaired) electrons. The standard InChI is InChI=1S/C11H19N3O/c1-8-5-6-9(14(8)4)7-13-10(15)11(2,3)12/h5-6H,7,12H2,1-4H3,(H,13,15). The Bertz CT molecular complexity index is 360. The third-order valence-electron chi connectivity index (χ3n) is 2.49. The Morgan fingerprint density at radius 2 is 2.13 bits per heavy atom. The molecule has 0 aromatic carbocycles. The van der Waals surface area contributed by atoms with Crippen molar-refractivity contribution >= 4 is 5.91 Å². The van der Waals surface area contributed by atoms with E-state index in [2.05, 4.69) is 5.32 Å². The van der Waals surface area contributed by atoms with Crippen LogP contribution in [0.1, 0.15) is 25.2 Å². The van der Waals surface area contributed by atoms with Crippen molar-refractivity contribution in [3.63, 3.8) is 0 Å². The molecule has 1 amide bonds. The second kappa shape index (κ2) is 4.06. The average molecular weight is 209 g/mol. The molecule has 0 aliphatic rings. The highest BCUT2D eigenvalue weighted by molar-refractivity contribution is 5.84. The summed E-state index contributed by atoms with van der Waals surface area (Å²) in [5.74, 6) is -0.138. The maximum Gasteiger partial charge on any atom is 0.239 e. The summed E-state index contributed by atoms with van der Waals surface area (Å²) in [4.78, 5) is 11.5. The lowest BCUT2D eigenvalue weighted by atomic mass is 10.1. The van der Waals surface area contributed by atoms with Crippen molar-refractivity contribution < 1.29 is 4.79 Å². The van der Waals surface area contributed by atoms with Gasteiger partial charge in [0.25, 0.3) is 0 Å². The molecule has 0 fully saturated rings. The van der Waals surface area contributed by atoms with Gasteiger partial charge >= 0.3 is 0 Å². The van der Waals surface area contributed by atoms with Crippen molar-refractivity contribution in [1.82, 2.24) is 9.88 Å². The summed E-state index contributed by atoms with van der Waals surface area (Å²) in [7, 11) is 1.98. The van der Waals surface area contributed by atoms with Crippen LogP contribution in [0.3, 0.4) is 0 Å². The normalized spacial score (nSPS) is 11.5. The van der Waals surface area contributed by atoms with Crippen LogP contribution in [-0.4, -0.2) is 16.0 Å². The fraction of sp³-hybridized carbons (Fsp3) is 0.545. The number of carbonyl (C=O) groups excluding carboxylic acids is 1. The molecule has 0 saturated carbocycles. The Labute approximate surface area is 90.5 Å². The van der Waals surface area contributed by atoms with Crippen molar-refractivity contribution in [3.8, 4) is 0 Å². The molecule has 84 valence electrons. The van der Waals surface area contributed by atoms with E-state index in [0.717, 1.165) is 5.69 Å². The molecule has 1 rings (SSSR count). The van der Waals surface area contributed by atoms with Crippen LogP contribution >= 0.6 is 0 Å². The summed E-state index contributed by atoms with van der Waals surface area (Å²) in [6.07, 6.45) is 0. The Balaban J connectivity index is 2.59. The molecular formula is C11H19N3O. The van der Waals surface area contributed by atoms with E-state index in [1.54, 1.807) is 13.8 Å². The van der Waals surface area contributed by atoms with Crippen LogP contribution in [0.15, 0.2) is 12.1 Å². The monoisotopic (exact) mass is 209 g/mol. The molecule has 4 heteroatoms. The predicted octanol–water partition coefficient (Wildman–Crippen LogP) is 0.687. The van der Waals surface area contributed by atoms with Gasteiger partial charge in [0, 0.05) is 18.4 Å². The topological polar surface area (TPSA) is 60.1 Å². The van der Waals surface area contributed by atoms with Gasteiger partial charge in [-0.15, -0.1) is 0 Å². The van der Waals surface area contributed by atoms with Gasteiger partial charge in [-0.2, -0.15) is 0 Å². The fourth-order valence-electron chi connectivity index (χ4n) is 1.24. The SMILES string of the molecule is Cc1ccc(CNC(=O)C(C)(C)N)n1C. The maximum absolute atomic E-state index is 11.5. The minimum Gasteiger partial charge on any atom is -0.350 e. The van der Waals surface area contributed by atoms with Gasteiger partial charge < -0.3 is 15.6 Å². The van der Waals surface area contributed by atoms with E-state index < -0.39 is 5.54 Å². The van der Waals surface area contributed by atoms with E-state index in [9.17, 15) is 4.79 Å². The van der Waals surface area contributed by atoms with Crippen molar-refractivity contribution in [2.45, 2.75) is 32.9 Å². The zero-order chi connectivity index (χ0) is 11.6. The second-order valence-electron chi connectivity index (χ2n) is 4.43. The highest BCUT2D eigenvalue weighted by Crippen LogP contribution is 2.05. The van der Waals surface area contributed by atoms with Crippen LogP contribution in [-0.2, 0) is 18.4 Å². The number of nitrogens with two attached hydrogens (primary N) is 1. The summed E-state index contributed by atoms with van der Waals surface area (Å²) in [6, 6.07) is 4.02. The van der Waals surface area contributed by atoms with Crippen LogP contribution in [0.5, 0.6) is 0 Å². The Hall–Kier alpha value is -1.29. The maximum atomic E-state index is 11.5. The molecule has 1 aromatic rings. The van der Waals surface area contributed by atoms with Crippen LogP contribution in [0.25, 0.3) is 0 Å². The van der Waals surface area contributed by atoms with Crippen molar-refractivity contribution in [1.29, 1.82) is 0 Å². The number of aryl methyl sites for hydroxylation is 1. The number of amides is 1. The molecule has 1 aromatic heterocycles. The number of nitrogens with zero attached hydrogens (tertiary/aromatic N) is 1. The molecule has 3 N–H and O–H groups in total. The molecular weight excluding hydrogens is 190 g/mol. The summed E-state index contributed by atoms with van der Waals surface area (Å²) in [6.45, 7) is 5.93. The highest BCUT2D eigenvalue weighted by Gasteiger charge is 2.21. The molecule has 0 bridgehead atoms. The molecule has 0 saturated heterocycles. The summed E-state index contributed by atoms with van der Waals surface area (Å²) >= 11 is 0. The van der Waals surface area contributed by atoms with Crippen LogP contribution in [0.2, 0.25) is 0 Å². The number of carbonyl (C=O) groups is 1. The minimum absolute atomic E-state index is 0.138. The second-order valence-corrected chi connectivity index (χ2v) is 4.43. The third kappa shape index (κ3) is 2.83. The van der Waals surface area contributed by atoms with Gasteiger partial charge in [0.2, 0.25) is 5.91 Å². The Morgan fingerprint density at radius 3 is 2.53 bits per heavy atom. The molecule has 0 spiro atoms. The van der Waals surface area contributed by atoms with Gasteiger partial charge in [-0.1, -0.05) is 0 Å². The number of hydrogen-bond acceptors (Lipinski definition) is 2. The minimum atomic E-state index is -0.819. The zero-order valence-corrected chi connectivity index (χ0v) is 9.79. The lowest BCUT2D eigenvalue weighted by Gasteiger charge is -2.18. The first-order valence-corrected chi connectivity index (χ1v) is 5.01. The molecule has 0 unspecified atom stereocenters. The van der Waals surface area contributed by atoms with Crippen molar-refractivity contribution in [2.24, 2.45) is 12.8 Å². The first-order valence-electron chi connectivity index (χ1n) is 5.01. The van der Waals surface area contributed by atoms with Gasteiger partial charge in [0.05, 0.1) is 12.1 Å². The van der Waals surface area contributed by atoms with Crippen molar-refractivity contribution in [3.05, 3.63) is 23.5 Å². The van der Waals surface area contributed by atoms with Gasteiger partial charge in [0.15, 0.2) is 0 Å². The smallest absolute Gasteiger partial charge is 0.239 e. The fourth-order valence-corrected chi connectivity index (χ4v) is 1.24. The highest BCUT2D eigenvalue weighted by atomic mass is 16.2. The van der Waals surface area contributed by atoms with Crippen LogP contribution in [0, 0.1) is 6.92 Å². The van der Waals surface area contributed by atoms with E-state index in [1.807, 2.05) is 30.7 Å². The quantitative estimate of drug-likeness (QED) is 0.769. The number of rotatable bonds is 3. The largest absolute Gasteiger partial charge is 0.350 e. The van der Waals surface area contributed by atoms with E-state index >= 15 is 0 Å². The molecule has 0 atom stereocenters. The van der Waals surface area contributed by atoms with Crippen molar-refractivity contribution in [2.75, 3.05) is 0 Å². The number of hydrogen-bond donors (Lipinski definition) is 2. The van der Waals surface area contributed by atoms with E-state index in [0.29, 0.717) is 6.54 Å². The molecule has 4 nitrogen and oxygen atoms in total. The molecule has 0 aliphatic heterocycles. The van der Waals surface area contributed by atoms with Crippen LogP contribution < -0.4 is 11.1 Å². The van der Waals surface area contributed by atoms with Gasteiger partial charge in [-0.3, -0.25) is 4.79 Å². The van der Waals surface area contributed by atoms with Gasteiger partial charge in [-0.05, 0) is 32.9 Å². The Kier molecular flexibility index (Phi) is 3.19. The van der Waals surface area contributed by atoms with Crippen LogP contribution in [0.4, 0.5) is 0 Å². The molecule has 15 heavy (non-hydrogen) atoms. The number of aromatic nitrogens is 1. The third-order valence-corrected chi connectivity index (χ3v) is 2.49. The lowest BCUT2D eigenvalue weighted by molar-refractivity contribution is -0.125. The van der Waals surface area contributed by atoms with E-state index in [4.69, 9.17) is 5.73 Å². The summed E-state index contributed by atoms with van der Waals surface area (Å²) in [5.41, 5.74) is 7.09. The lowest BCUT2D eigenvalue weighted by Crippen LogP contribution is -2.48. The summed E-state index contributed by atoms with van der Waals surface area (Å²) < 4.78 is 2.05. The van der Waals surface area contributed by atoms with E-state index in [1.165, 1.54) is 5.69 Å². The Morgan fingerprint density at radius 1 is 1.53 bits per heavy atom. The first kappa shape index (κ1) is 11.8. The number of nitrogens with one attached hydrogen (secondary N) is 1. The van der Waals surface area contributed by atoms with Gasteiger partial charge in [-0.25, -0.2) is 0 Å².